The van der Waals surface area contributed by atoms with Gasteiger partial charge in [0, 0.05) is 57.1 Å². The molecular weight excluding hydrogens is 350 g/mol. The topological polar surface area (TPSA) is 53.4 Å². The zero-order valence-corrected chi connectivity index (χ0v) is 17.4. The number of imidazole rings is 1. The average Bonchev–Trinajstić information content (AvgIpc) is 3.22. The summed E-state index contributed by atoms with van der Waals surface area (Å²) in [5, 5.41) is 3.26. The van der Waals surface area contributed by atoms with Gasteiger partial charge in [0.2, 0.25) is 5.91 Å². The van der Waals surface area contributed by atoms with Gasteiger partial charge in [0.25, 0.3) is 0 Å². The number of carbonyl (C=O) groups excluding carboxylic acids is 1. The van der Waals surface area contributed by atoms with E-state index in [9.17, 15) is 4.79 Å². The fraction of sp³-hybridized carbons (Fsp3) is 0.818. The lowest BCUT2D eigenvalue weighted by atomic mass is 9.72. The lowest BCUT2D eigenvalue weighted by molar-refractivity contribution is -0.122. The van der Waals surface area contributed by atoms with Crippen LogP contribution in [0.5, 0.6) is 0 Å². The predicted molar refractivity (Wildman–Crippen MR) is 111 cm³/mol. The van der Waals surface area contributed by atoms with E-state index in [1.165, 1.54) is 58.3 Å². The van der Waals surface area contributed by atoms with E-state index in [2.05, 4.69) is 37.8 Å². The highest BCUT2D eigenvalue weighted by Crippen LogP contribution is 2.41. The second-order valence-corrected chi connectivity index (χ2v) is 9.09. The first-order chi connectivity index (χ1) is 13.7. The molecule has 4 rings (SSSR count). The van der Waals surface area contributed by atoms with Gasteiger partial charge in [0.15, 0.2) is 0 Å². The number of carbonyl (C=O) groups is 1. The molecular formula is C22H37N5O. The van der Waals surface area contributed by atoms with Gasteiger partial charge in [-0.05, 0) is 57.0 Å². The first kappa shape index (κ1) is 19.9. The molecule has 2 bridgehead atoms. The third kappa shape index (κ3) is 4.60. The molecule has 3 aliphatic heterocycles. The Hall–Kier alpha value is -1.40. The molecule has 1 amide bonds. The number of hydrogen-bond donors (Lipinski definition) is 1. The normalized spacial score (nSPS) is 30.8. The first-order valence-electron chi connectivity index (χ1n) is 11.4. The van der Waals surface area contributed by atoms with Crippen molar-refractivity contribution in [1.82, 2.24) is 24.7 Å². The Morgan fingerprint density at radius 2 is 2.11 bits per heavy atom. The van der Waals surface area contributed by atoms with Gasteiger partial charge in [-0.1, -0.05) is 13.3 Å². The zero-order valence-electron chi connectivity index (χ0n) is 17.4. The number of hydrogen-bond acceptors (Lipinski definition) is 4. The van der Waals surface area contributed by atoms with Crippen molar-refractivity contribution in [2.24, 2.45) is 11.8 Å². The lowest BCUT2D eigenvalue weighted by Crippen LogP contribution is -2.65. The number of likely N-dealkylation sites (tertiary alicyclic amines) is 1. The zero-order chi connectivity index (χ0) is 19.3. The van der Waals surface area contributed by atoms with Crippen LogP contribution in [-0.4, -0.2) is 70.1 Å². The van der Waals surface area contributed by atoms with Crippen molar-refractivity contribution < 1.29 is 4.79 Å². The van der Waals surface area contributed by atoms with Gasteiger partial charge >= 0.3 is 0 Å². The van der Waals surface area contributed by atoms with Gasteiger partial charge in [0.1, 0.15) is 0 Å². The third-order valence-electron chi connectivity index (χ3n) is 7.13. The van der Waals surface area contributed by atoms with Crippen LogP contribution in [0.3, 0.4) is 0 Å². The molecule has 0 aromatic carbocycles. The highest BCUT2D eigenvalue weighted by molar-refractivity contribution is 5.75. The fourth-order valence-corrected chi connectivity index (χ4v) is 5.90. The van der Waals surface area contributed by atoms with Gasteiger partial charge in [-0.2, -0.15) is 0 Å². The van der Waals surface area contributed by atoms with Crippen molar-refractivity contribution >= 4 is 5.91 Å². The molecule has 6 heteroatoms. The van der Waals surface area contributed by atoms with Crippen LogP contribution in [0.15, 0.2) is 18.7 Å². The number of fused-ring (bicyclic) bond motifs is 4. The number of piperidine rings is 3. The molecule has 0 spiro atoms. The summed E-state index contributed by atoms with van der Waals surface area (Å²) in [6.45, 7) is 8.83. The summed E-state index contributed by atoms with van der Waals surface area (Å²) >= 11 is 0. The van der Waals surface area contributed by atoms with E-state index >= 15 is 0 Å². The molecule has 1 aromatic rings. The van der Waals surface area contributed by atoms with Crippen molar-refractivity contribution in [3.8, 4) is 0 Å². The number of aromatic nitrogens is 2. The van der Waals surface area contributed by atoms with Crippen LogP contribution in [0.25, 0.3) is 0 Å². The van der Waals surface area contributed by atoms with Crippen molar-refractivity contribution in [2.45, 2.75) is 70.5 Å². The van der Waals surface area contributed by atoms with Crippen LogP contribution >= 0.6 is 0 Å². The van der Waals surface area contributed by atoms with E-state index in [4.69, 9.17) is 0 Å². The summed E-state index contributed by atoms with van der Waals surface area (Å²) in [4.78, 5) is 21.7. The summed E-state index contributed by atoms with van der Waals surface area (Å²) in [7, 11) is 0. The van der Waals surface area contributed by atoms with E-state index in [1.54, 1.807) is 0 Å². The third-order valence-corrected chi connectivity index (χ3v) is 7.13. The average molecular weight is 388 g/mol. The molecule has 1 aromatic heterocycles. The molecule has 4 atom stereocenters. The van der Waals surface area contributed by atoms with Crippen molar-refractivity contribution in [1.29, 1.82) is 0 Å². The summed E-state index contributed by atoms with van der Waals surface area (Å²) in [6, 6.07) is 1.26. The maximum Gasteiger partial charge on any atom is 0.220 e. The summed E-state index contributed by atoms with van der Waals surface area (Å²) in [6.07, 6.45) is 14.0. The number of aryl methyl sites for hydroxylation is 1. The molecule has 4 heterocycles. The van der Waals surface area contributed by atoms with Crippen molar-refractivity contribution in [3.63, 3.8) is 0 Å². The van der Waals surface area contributed by atoms with Crippen LogP contribution in [0.2, 0.25) is 0 Å². The Labute approximate surface area is 169 Å². The molecule has 3 aliphatic rings. The molecule has 1 N–H and O–H groups in total. The maximum atomic E-state index is 12.1. The minimum absolute atomic E-state index is 0.228. The quantitative estimate of drug-likeness (QED) is 0.744. The van der Waals surface area contributed by atoms with Gasteiger partial charge < -0.3 is 14.8 Å². The van der Waals surface area contributed by atoms with Gasteiger partial charge in [0.05, 0.1) is 6.33 Å². The second-order valence-electron chi connectivity index (χ2n) is 9.09. The minimum atomic E-state index is 0.228. The van der Waals surface area contributed by atoms with Crippen LogP contribution in [-0.2, 0) is 11.3 Å². The molecule has 28 heavy (non-hydrogen) atoms. The summed E-state index contributed by atoms with van der Waals surface area (Å²) in [5.41, 5.74) is 0. The Morgan fingerprint density at radius 3 is 2.93 bits per heavy atom. The van der Waals surface area contributed by atoms with Gasteiger partial charge in [-0.25, -0.2) is 4.98 Å². The maximum absolute atomic E-state index is 12.1. The molecule has 156 valence electrons. The first-order valence-corrected chi connectivity index (χ1v) is 11.4. The number of rotatable bonds is 8. The highest BCUT2D eigenvalue weighted by Gasteiger charge is 2.46. The number of nitrogens with zero attached hydrogens (tertiary/aromatic N) is 4. The molecule has 0 radical (unpaired) electrons. The molecule has 0 unspecified atom stereocenters. The molecule has 3 saturated heterocycles. The van der Waals surface area contributed by atoms with E-state index in [-0.39, 0.29) is 5.91 Å². The molecule has 0 aliphatic carbocycles. The minimum Gasteiger partial charge on any atom is -0.355 e. The van der Waals surface area contributed by atoms with Crippen molar-refractivity contribution in [3.05, 3.63) is 18.7 Å². The SMILES string of the molecule is CCCC(=O)NC[C@H]1[C@H]2C[C@H](CN(CCCn3ccnc3)C2)[C@@H]2CCCCN21. The van der Waals surface area contributed by atoms with E-state index in [0.29, 0.717) is 18.4 Å². The Morgan fingerprint density at radius 1 is 1.21 bits per heavy atom. The summed E-state index contributed by atoms with van der Waals surface area (Å²) in [5.74, 6) is 1.74. The smallest absolute Gasteiger partial charge is 0.220 e. The van der Waals surface area contributed by atoms with E-state index < -0.39 is 0 Å². The largest absolute Gasteiger partial charge is 0.355 e. The second kappa shape index (κ2) is 9.40. The predicted octanol–water partition coefficient (Wildman–Crippen LogP) is 2.36. The van der Waals surface area contributed by atoms with Crippen LogP contribution in [0.4, 0.5) is 0 Å². The fourth-order valence-electron chi connectivity index (χ4n) is 5.90. The molecule has 3 fully saturated rings. The van der Waals surface area contributed by atoms with Crippen LogP contribution in [0.1, 0.15) is 51.9 Å². The Bertz CT molecular complexity index is 618. The van der Waals surface area contributed by atoms with E-state index in [1.807, 2.05) is 12.5 Å². The molecule has 6 nitrogen and oxygen atoms in total. The number of nitrogens with one attached hydrogen (secondary N) is 1. The highest BCUT2D eigenvalue weighted by atomic mass is 16.1. The Balaban J connectivity index is 1.37. The van der Waals surface area contributed by atoms with Crippen LogP contribution in [0, 0.1) is 11.8 Å². The number of amides is 1. The van der Waals surface area contributed by atoms with Crippen molar-refractivity contribution in [2.75, 3.05) is 32.7 Å². The standard InChI is InChI=1S/C22H37N5O/c1-2-6-22(28)24-14-21-19-13-18(20-7-3-4-11-27(20)21)15-26(16-19)10-5-9-25-12-8-23-17-25/h8,12,17-21H,2-7,9-11,13-16H2,1H3,(H,24,28)/t18-,19+,20+,21+/m1/s1. The summed E-state index contributed by atoms with van der Waals surface area (Å²) < 4.78 is 2.18. The lowest BCUT2D eigenvalue weighted by Gasteiger charge is -2.57. The van der Waals surface area contributed by atoms with Gasteiger partial charge in [-0.15, -0.1) is 0 Å². The Kier molecular flexibility index (Phi) is 6.68. The van der Waals surface area contributed by atoms with Crippen LogP contribution < -0.4 is 5.32 Å². The monoisotopic (exact) mass is 387 g/mol. The van der Waals surface area contributed by atoms with E-state index in [0.717, 1.165) is 31.5 Å². The van der Waals surface area contributed by atoms with Gasteiger partial charge in [-0.3, -0.25) is 9.69 Å². The molecule has 0 saturated carbocycles.